The number of amides is 1. The van der Waals surface area contributed by atoms with E-state index >= 15 is 0 Å². The van der Waals surface area contributed by atoms with Crippen LogP contribution in [0.3, 0.4) is 0 Å². The summed E-state index contributed by atoms with van der Waals surface area (Å²) in [7, 11) is 0. The first-order chi connectivity index (χ1) is 8.22. The van der Waals surface area contributed by atoms with Gasteiger partial charge < -0.3 is 0 Å². The molecule has 5 heteroatoms. The lowest BCUT2D eigenvalue weighted by Gasteiger charge is -2.14. The number of hydrogen-bond donors (Lipinski definition) is 2. The fraction of sp³-hybridized carbons (Fsp3) is 0.583. The molecule has 0 radical (unpaired) electrons. The van der Waals surface area contributed by atoms with Crippen molar-refractivity contribution in [1.29, 1.82) is 0 Å². The molecule has 4 nitrogen and oxygen atoms in total. The molecule has 1 aliphatic rings. The van der Waals surface area contributed by atoms with Gasteiger partial charge >= 0.3 is 0 Å². The lowest BCUT2D eigenvalue weighted by molar-refractivity contribution is 0.0957. The van der Waals surface area contributed by atoms with Crippen molar-refractivity contribution in [3.05, 3.63) is 21.9 Å². The molecule has 1 unspecified atom stereocenters. The highest BCUT2D eigenvalue weighted by Gasteiger charge is 2.21. The molecule has 0 bridgehead atoms. The maximum absolute atomic E-state index is 11.3. The zero-order chi connectivity index (χ0) is 12.3. The molecule has 1 amide bonds. The van der Waals surface area contributed by atoms with E-state index in [9.17, 15) is 4.79 Å². The molecule has 1 aromatic heterocycles. The maximum atomic E-state index is 11.3. The van der Waals surface area contributed by atoms with Crippen LogP contribution in [0, 0.1) is 5.92 Å². The molecule has 3 N–H and O–H groups in total. The van der Waals surface area contributed by atoms with Crippen LogP contribution in [0.25, 0.3) is 0 Å². The van der Waals surface area contributed by atoms with Crippen molar-refractivity contribution >= 4 is 17.2 Å². The number of rotatable bonds is 4. The van der Waals surface area contributed by atoms with E-state index in [1.165, 1.54) is 42.1 Å². The van der Waals surface area contributed by atoms with Gasteiger partial charge in [-0.2, -0.15) is 0 Å². The summed E-state index contributed by atoms with van der Waals surface area (Å²) >= 11 is 1.53. The molecule has 1 fully saturated rings. The average Bonchev–Trinajstić information content (AvgIpc) is 2.97. The summed E-state index contributed by atoms with van der Waals surface area (Å²) in [4.78, 5) is 15.7. The van der Waals surface area contributed by atoms with Crippen LogP contribution in [0.2, 0.25) is 0 Å². The molecule has 1 saturated heterocycles. The first kappa shape index (κ1) is 12.5. The molecule has 94 valence electrons. The molecule has 17 heavy (non-hydrogen) atoms. The van der Waals surface area contributed by atoms with Gasteiger partial charge in [-0.05, 0) is 31.0 Å². The fourth-order valence-electron chi connectivity index (χ4n) is 2.27. The summed E-state index contributed by atoms with van der Waals surface area (Å²) in [5, 5.41) is 0. The third-order valence-corrected chi connectivity index (χ3v) is 4.41. The van der Waals surface area contributed by atoms with Gasteiger partial charge in [0.2, 0.25) is 0 Å². The predicted octanol–water partition coefficient (Wildman–Crippen LogP) is 1.58. The molecule has 0 aliphatic carbocycles. The van der Waals surface area contributed by atoms with Gasteiger partial charge in [-0.1, -0.05) is 13.3 Å². The second-order valence-corrected chi connectivity index (χ2v) is 5.71. The number of hydrazine groups is 1. The smallest absolute Gasteiger partial charge is 0.275 e. The predicted molar refractivity (Wildman–Crippen MR) is 69.6 cm³/mol. The Bertz CT molecular complexity index is 391. The summed E-state index contributed by atoms with van der Waals surface area (Å²) in [5.74, 6) is 5.76. The molecular weight excluding hydrogens is 234 g/mol. The number of hydrogen-bond acceptors (Lipinski definition) is 4. The van der Waals surface area contributed by atoms with Crippen molar-refractivity contribution in [3.63, 3.8) is 0 Å². The highest BCUT2D eigenvalue weighted by molar-refractivity contribution is 7.14. The number of nitrogens with zero attached hydrogens (tertiary/aromatic N) is 1. The van der Waals surface area contributed by atoms with E-state index < -0.39 is 0 Å². The monoisotopic (exact) mass is 253 g/mol. The van der Waals surface area contributed by atoms with Crippen molar-refractivity contribution in [1.82, 2.24) is 10.3 Å². The van der Waals surface area contributed by atoms with Gasteiger partial charge in [-0.3, -0.25) is 15.1 Å². The van der Waals surface area contributed by atoms with Gasteiger partial charge in [0.05, 0.1) is 4.88 Å². The second kappa shape index (κ2) is 5.62. The van der Waals surface area contributed by atoms with Gasteiger partial charge in [-0.15, -0.1) is 11.3 Å². The largest absolute Gasteiger partial charge is 0.298 e. The minimum atomic E-state index is -0.200. The van der Waals surface area contributed by atoms with Crippen LogP contribution in [0.4, 0.5) is 0 Å². The Hall–Kier alpha value is -0.910. The Morgan fingerprint density at radius 1 is 1.65 bits per heavy atom. The van der Waals surface area contributed by atoms with Gasteiger partial charge in [0.15, 0.2) is 0 Å². The highest BCUT2D eigenvalue weighted by atomic mass is 32.1. The van der Waals surface area contributed by atoms with E-state index in [0.717, 1.165) is 12.5 Å². The van der Waals surface area contributed by atoms with Crippen molar-refractivity contribution in [2.75, 3.05) is 13.1 Å². The van der Waals surface area contributed by atoms with Crippen molar-refractivity contribution in [3.8, 4) is 0 Å². The van der Waals surface area contributed by atoms with Crippen LogP contribution in [-0.2, 0) is 6.54 Å². The van der Waals surface area contributed by atoms with Crippen molar-refractivity contribution in [2.45, 2.75) is 26.3 Å². The van der Waals surface area contributed by atoms with Crippen LogP contribution < -0.4 is 11.3 Å². The molecule has 1 atom stereocenters. The van der Waals surface area contributed by atoms with Crippen LogP contribution in [-0.4, -0.2) is 23.9 Å². The number of nitrogens with one attached hydrogen (secondary N) is 1. The number of nitrogen functional groups attached to an aromatic ring is 1. The minimum absolute atomic E-state index is 0.200. The van der Waals surface area contributed by atoms with Crippen molar-refractivity contribution in [2.24, 2.45) is 11.8 Å². The quantitative estimate of drug-likeness (QED) is 0.486. The summed E-state index contributed by atoms with van der Waals surface area (Å²) in [6.45, 7) is 5.57. The molecular formula is C12H19N3OS. The van der Waals surface area contributed by atoms with E-state index in [0.29, 0.717) is 4.88 Å². The highest BCUT2D eigenvalue weighted by Crippen LogP contribution is 2.24. The maximum Gasteiger partial charge on any atom is 0.275 e. The summed E-state index contributed by atoms with van der Waals surface area (Å²) in [6.07, 6.45) is 2.57. The Kier molecular flexibility index (Phi) is 4.15. The number of carbonyl (C=O) groups is 1. The molecule has 2 heterocycles. The average molecular weight is 253 g/mol. The van der Waals surface area contributed by atoms with Crippen LogP contribution in [0.5, 0.6) is 0 Å². The summed E-state index contributed by atoms with van der Waals surface area (Å²) in [5.41, 5.74) is 2.16. The van der Waals surface area contributed by atoms with Crippen molar-refractivity contribution < 1.29 is 4.79 Å². The Morgan fingerprint density at radius 2 is 2.47 bits per heavy atom. The third kappa shape index (κ3) is 3.06. The Balaban J connectivity index is 1.91. The number of likely N-dealkylation sites (tertiary alicyclic amines) is 1. The first-order valence-corrected chi connectivity index (χ1v) is 6.86. The SMILES string of the molecule is CCC1CCN(Cc2ccc(C(=O)NN)s2)C1. The first-order valence-electron chi connectivity index (χ1n) is 6.05. The molecule has 0 aromatic carbocycles. The van der Waals surface area contributed by atoms with Crippen LogP contribution in [0.15, 0.2) is 12.1 Å². The van der Waals surface area contributed by atoms with E-state index in [-0.39, 0.29) is 5.91 Å². The van der Waals surface area contributed by atoms with Crippen LogP contribution >= 0.6 is 11.3 Å². The molecule has 1 aliphatic heterocycles. The molecule has 2 rings (SSSR count). The minimum Gasteiger partial charge on any atom is -0.298 e. The summed E-state index contributed by atoms with van der Waals surface area (Å²) < 4.78 is 0. The molecule has 1 aromatic rings. The second-order valence-electron chi connectivity index (χ2n) is 4.54. The zero-order valence-electron chi connectivity index (χ0n) is 10.1. The van der Waals surface area contributed by atoms with Gasteiger partial charge in [-0.25, -0.2) is 5.84 Å². The zero-order valence-corrected chi connectivity index (χ0v) is 10.9. The van der Waals surface area contributed by atoms with Crippen LogP contribution in [0.1, 0.15) is 34.3 Å². The Labute approximate surface area is 106 Å². The fourth-order valence-corrected chi connectivity index (χ4v) is 3.22. The number of carbonyl (C=O) groups excluding carboxylic acids is 1. The lowest BCUT2D eigenvalue weighted by Crippen LogP contribution is -2.29. The topological polar surface area (TPSA) is 58.4 Å². The number of thiophene rings is 1. The Morgan fingerprint density at radius 3 is 3.12 bits per heavy atom. The molecule has 0 spiro atoms. The lowest BCUT2D eigenvalue weighted by atomic mass is 10.1. The van der Waals surface area contributed by atoms with E-state index in [1.54, 1.807) is 0 Å². The number of nitrogens with two attached hydrogens (primary N) is 1. The summed E-state index contributed by atoms with van der Waals surface area (Å²) in [6, 6.07) is 3.87. The molecule has 0 saturated carbocycles. The van der Waals surface area contributed by atoms with Gasteiger partial charge in [0.1, 0.15) is 0 Å². The standard InChI is InChI=1S/C12H19N3OS/c1-2-9-5-6-15(7-9)8-10-3-4-11(17-10)12(16)14-13/h3-4,9H,2,5-8,13H2,1H3,(H,14,16). The van der Waals surface area contributed by atoms with Gasteiger partial charge in [0.25, 0.3) is 5.91 Å². The third-order valence-electron chi connectivity index (χ3n) is 3.34. The van der Waals surface area contributed by atoms with Gasteiger partial charge in [0, 0.05) is 18.0 Å². The van der Waals surface area contributed by atoms with E-state index in [1.807, 2.05) is 12.1 Å². The van der Waals surface area contributed by atoms with E-state index in [4.69, 9.17) is 5.84 Å². The normalized spacial score (nSPS) is 20.7. The van der Waals surface area contributed by atoms with E-state index in [2.05, 4.69) is 17.2 Å².